The van der Waals surface area contributed by atoms with Gasteiger partial charge >= 0.3 is 0 Å². The summed E-state index contributed by atoms with van der Waals surface area (Å²) in [4.78, 5) is 0. The molecule has 2 nitrogen and oxygen atoms in total. The Labute approximate surface area is 96.8 Å². The molecule has 0 bridgehead atoms. The van der Waals surface area contributed by atoms with Gasteiger partial charge in [0.15, 0.2) is 11.6 Å². The minimum absolute atomic E-state index is 0.275. The van der Waals surface area contributed by atoms with Crippen LogP contribution in [-0.2, 0) is 0 Å². The van der Waals surface area contributed by atoms with Crippen LogP contribution in [0, 0.1) is 5.82 Å². The molecule has 0 atom stereocenters. The standard InChI is InChI=1S/C13H20FNO/c1-4-15-7-8-16-13-6-5-11(10(2)3)9-12(13)14/h5-6,9-10,15H,4,7-8H2,1-3H3. The summed E-state index contributed by atoms with van der Waals surface area (Å²) in [6.45, 7) is 8.24. The molecule has 0 saturated heterocycles. The van der Waals surface area contributed by atoms with Gasteiger partial charge in [-0.25, -0.2) is 4.39 Å². The molecule has 0 amide bonds. The van der Waals surface area contributed by atoms with Crippen molar-refractivity contribution in [3.8, 4) is 5.75 Å². The van der Waals surface area contributed by atoms with Gasteiger partial charge in [0, 0.05) is 6.54 Å². The Balaban J connectivity index is 2.54. The fourth-order valence-corrected chi connectivity index (χ4v) is 1.40. The summed E-state index contributed by atoms with van der Waals surface area (Å²) in [5.74, 6) is 0.398. The molecule has 1 rings (SSSR count). The Morgan fingerprint density at radius 3 is 2.69 bits per heavy atom. The predicted octanol–water partition coefficient (Wildman–Crippen LogP) is 2.94. The topological polar surface area (TPSA) is 21.3 Å². The van der Waals surface area contributed by atoms with Crippen LogP contribution in [0.15, 0.2) is 18.2 Å². The van der Waals surface area contributed by atoms with Gasteiger partial charge in [-0.15, -0.1) is 0 Å². The van der Waals surface area contributed by atoms with Crippen molar-refractivity contribution in [1.82, 2.24) is 5.32 Å². The maximum Gasteiger partial charge on any atom is 0.165 e. The number of likely N-dealkylation sites (N-methyl/N-ethyl adjacent to an activating group) is 1. The second-order valence-corrected chi connectivity index (χ2v) is 4.05. The van der Waals surface area contributed by atoms with E-state index in [9.17, 15) is 4.39 Å². The first-order valence-corrected chi connectivity index (χ1v) is 5.78. The molecule has 0 aliphatic rings. The molecule has 0 saturated carbocycles. The average molecular weight is 225 g/mol. The zero-order chi connectivity index (χ0) is 12.0. The number of hydrogen-bond donors (Lipinski definition) is 1. The summed E-state index contributed by atoms with van der Waals surface area (Å²) in [7, 11) is 0. The summed E-state index contributed by atoms with van der Waals surface area (Å²) < 4.78 is 18.9. The van der Waals surface area contributed by atoms with Crippen molar-refractivity contribution >= 4 is 0 Å². The van der Waals surface area contributed by atoms with Crippen LogP contribution in [0.3, 0.4) is 0 Å². The maximum atomic E-state index is 13.6. The number of rotatable bonds is 6. The number of benzene rings is 1. The highest BCUT2D eigenvalue weighted by atomic mass is 19.1. The lowest BCUT2D eigenvalue weighted by molar-refractivity contribution is 0.299. The summed E-state index contributed by atoms with van der Waals surface area (Å²) in [5.41, 5.74) is 0.997. The number of nitrogens with one attached hydrogen (secondary N) is 1. The third-order valence-corrected chi connectivity index (χ3v) is 2.41. The fraction of sp³-hybridized carbons (Fsp3) is 0.538. The Kier molecular flexibility index (Phi) is 5.26. The van der Waals surface area contributed by atoms with Gasteiger partial charge in [0.25, 0.3) is 0 Å². The smallest absolute Gasteiger partial charge is 0.165 e. The van der Waals surface area contributed by atoms with E-state index in [2.05, 4.69) is 5.32 Å². The highest BCUT2D eigenvalue weighted by Crippen LogP contribution is 2.22. The first kappa shape index (κ1) is 13.0. The second-order valence-electron chi connectivity index (χ2n) is 4.05. The molecule has 1 N–H and O–H groups in total. The Hall–Kier alpha value is -1.09. The van der Waals surface area contributed by atoms with E-state index in [1.54, 1.807) is 12.1 Å². The fourth-order valence-electron chi connectivity index (χ4n) is 1.40. The Morgan fingerprint density at radius 2 is 2.12 bits per heavy atom. The monoisotopic (exact) mass is 225 g/mol. The molecule has 0 aliphatic carbocycles. The van der Waals surface area contributed by atoms with E-state index in [-0.39, 0.29) is 5.82 Å². The van der Waals surface area contributed by atoms with Crippen molar-refractivity contribution in [2.24, 2.45) is 0 Å². The van der Waals surface area contributed by atoms with Gasteiger partial charge in [-0.3, -0.25) is 0 Å². The van der Waals surface area contributed by atoms with Crippen molar-refractivity contribution < 1.29 is 9.13 Å². The maximum absolute atomic E-state index is 13.6. The molecule has 0 radical (unpaired) electrons. The zero-order valence-corrected chi connectivity index (χ0v) is 10.2. The molecule has 0 aromatic heterocycles. The molecule has 0 spiro atoms. The lowest BCUT2D eigenvalue weighted by Crippen LogP contribution is -2.20. The van der Waals surface area contributed by atoms with E-state index >= 15 is 0 Å². The van der Waals surface area contributed by atoms with Gasteiger partial charge in [-0.2, -0.15) is 0 Å². The van der Waals surface area contributed by atoms with E-state index in [4.69, 9.17) is 4.74 Å². The van der Waals surface area contributed by atoms with Crippen LogP contribution in [0.25, 0.3) is 0 Å². The van der Waals surface area contributed by atoms with Crippen molar-refractivity contribution in [2.75, 3.05) is 19.7 Å². The van der Waals surface area contributed by atoms with Crippen molar-refractivity contribution in [3.05, 3.63) is 29.6 Å². The SMILES string of the molecule is CCNCCOc1ccc(C(C)C)cc1F. The number of hydrogen-bond acceptors (Lipinski definition) is 2. The number of halogens is 1. The molecular weight excluding hydrogens is 205 g/mol. The molecule has 0 aliphatic heterocycles. The largest absolute Gasteiger partial charge is 0.489 e. The van der Waals surface area contributed by atoms with Crippen LogP contribution in [0.5, 0.6) is 5.75 Å². The van der Waals surface area contributed by atoms with Crippen molar-refractivity contribution in [3.63, 3.8) is 0 Å². The molecule has 1 aromatic carbocycles. The lowest BCUT2D eigenvalue weighted by Gasteiger charge is -2.10. The van der Waals surface area contributed by atoms with E-state index in [1.165, 1.54) is 0 Å². The van der Waals surface area contributed by atoms with Crippen molar-refractivity contribution in [1.29, 1.82) is 0 Å². The van der Waals surface area contributed by atoms with E-state index in [0.29, 0.717) is 18.3 Å². The Morgan fingerprint density at radius 1 is 1.38 bits per heavy atom. The minimum atomic E-state index is -0.275. The van der Waals surface area contributed by atoms with Crippen LogP contribution in [-0.4, -0.2) is 19.7 Å². The van der Waals surface area contributed by atoms with Crippen LogP contribution in [0.1, 0.15) is 32.3 Å². The van der Waals surface area contributed by atoms with E-state index in [0.717, 1.165) is 18.7 Å². The summed E-state index contributed by atoms with van der Waals surface area (Å²) in [6.07, 6.45) is 0. The quantitative estimate of drug-likeness (QED) is 0.752. The summed E-state index contributed by atoms with van der Waals surface area (Å²) >= 11 is 0. The first-order valence-electron chi connectivity index (χ1n) is 5.78. The van der Waals surface area contributed by atoms with Crippen LogP contribution in [0.4, 0.5) is 4.39 Å². The van der Waals surface area contributed by atoms with Gasteiger partial charge in [0.05, 0.1) is 0 Å². The lowest BCUT2D eigenvalue weighted by atomic mass is 10.0. The molecule has 3 heteroatoms. The first-order chi connectivity index (χ1) is 7.65. The highest BCUT2D eigenvalue weighted by Gasteiger charge is 2.06. The normalized spacial score (nSPS) is 10.8. The third-order valence-electron chi connectivity index (χ3n) is 2.41. The van der Waals surface area contributed by atoms with Gasteiger partial charge < -0.3 is 10.1 Å². The molecule has 16 heavy (non-hydrogen) atoms. The van der Waals surface area contributed by atoms with Crippen molar-refractivity contribution in [2.45, 2.75) is 26.7 Å². The molecular formula is C13H20FNO. The molecule has 90 valence electrons. The average Bonchev–Trinajstić information content (AvgIpc) is 2.26. The zero-order valence-electron chi connectivity index (χ0n) is 10.2. The second kappa shape index (κ2) is 6.48. The molecule has 0 heterocycles. The predicted molar refractivity (Wildman–Crippen MR) is 64.5 cm³/mol. The molecule has 1 aromatic rings. The van der Waals surface area contributed by atoms with Crippen LogP contribution >= 0.6 is 0 Å². The minimum Gasteiger partial charge on any atom is -0.489 e. The third kappa shape index (κ3) is 3.81. The summed E-state index contributed by atoms with van der Waals surface area (Å²) in [5, 5.41) is 3.12. The number of ether oxygens (including phenoxy) is 1. The van der Waals surface area contributed by atoms with Gasteiger partial charge in [-0.1, -0.05) is 26.8 Å². The van der Waals surface area contributed by atoms with Gasteiger partial charge in [-0.05, 0) is 30.2 Å². The molecule has 0 unspecified atom stereocenters. The van der Waals surface area contributed by atoms with Crippen LogP contribution < -0.4 is 10.1 Å². The van der Waals surface area contributed by atoms with Crippen LogP contribution in [0.2, 0.25) is 0 Å². The summed E-state index contributed by atoms with van der Waals surface area (Å²) in [6, 6.07) is 5.17. The van der Waals surface area contributed by atoms with E-state index in [1.807, 2.05) is 26.8 Å². The molecule has 0 fully saturated rings. The highest BCUT2D eigenvalue weighted by molar-refractivity contribution is 5.30. The van der Waals surface area contributed by atoms with Gasteiger partial charge in [0.1, 0.15) is 6.61 Å². The Bertz CT molecular complexity index is 326. The van der Waals surface area contributed by atoms with E-state index < -0.39 is 0 Å². The van der Waals surface area contributed by atoms with Gasteiger partial charge in [0.2, 0.25) is 0 Å².